The lowest BCUT2D eigenvalue weighted by atomic mass is 10.1. The molecule has 0 spiro atoms. The van der Waals surface area contributed by atoms with Crippen molar-refractivity contribution in [3.8, 4) is 0 Å². The van der Waals surface area contributed by atoms with Crippen molar-refractivity contribution in [3.63, 3.8) is 0 Å². The summed E-state index contributed by atoms with van der Waals surface area (Å²) in [6.45, 7) is 4.11. The molecule has 2 rings (SSSR count). The van der Waals surface area contributed by atoms with Crippen molar-refractivity contribution in [2.45, 2.75) is 25.8 Å². The molecule has 1 saturated heterocycles. The first kappa shape index (κ1) is 11.9. The van der Waals surface area contributed by atoms with Crippen LogP contribution in [0.2, 0.25) is 0 Å². The quantitative estimate of drug-likeness (QED) is 0.731. The molecule has 0 amide bonds. The van der Waals surface area contributed by atoms with Crippen molar-refractivity contribution < 1.29 is 5.48 Å². The first-order chi connectivity index (χ1) is 6.75. The van der Waals surface area contributed by atoms with Crippen molar-refractivity contribution >= 4 is 5.82 Å². The maximum atomic E-state index is 5.86. The van der Waals surface area contributed by atoms with Gasteiger partial charge < -0.3 is 16.1 Å². The van der Waals surface area contributed by atoms with Crippen molar-refractivity contribution in [2.24, 2.45) is 5.73 Å². The van der Waals surface area contributed by atoms with Crippen molar-refractivity contribution in [3.05, 3.63) is 23.9 Å². The molecule has 0 atom stereocenters. The highest BCUT2D eigenvalue weighted by molar-refractivity contribution is 5.39. The van der Waals surface area contributed by atoms with E-state index in [4.69, 9.17) is 5.73 Å². The molecule has 0 saturated carbocycles. The smallest absolute Gasteiger partial charge is 0.128 e. The molecule has 4 heteroatoms. The summed E-state index contributed by atoms with van der Waals surface area (Å²) in [6.07, 6.45) is 2.16. The van der Waals surface area contributed by atoms with Crippen LogP contribution in [0.25, 0.3) is 0 Å². The number of anilines is 1. The van der Waals surface area contributed by atoms with Crippen LogP contribution in [-0.2, 0) is 0 Å². The van der Waals surface area contributed by atoms with Gasteiger partial charge in [0.05, 0.1) is 0 Å². The molecule has 0 radical (unpaired) electrons. The number of piperidine rings is 1. The SMILES string of the molecule is Cc1cccc(N2CCC(N)CC2)n1.O. The number of pyridine rings is 1. The van der Waals surface area contributed by atoms with E-state index in [1.807, 2.05) is 13.0 Å². The Balaban J connectivity index is 0.00000112. The zero-order valence-electron chi connectivity index (χ0n) is 9.11. The highest BCUT2D eigenvalue weighted by Gasteiger charge is 2.16. The topological polar surface area (TPSA) is 73.7 Å². The largest absolute Gasteiger partial charge is 0.412 e. The highest BCUT2D eigenvalue weighted by atomic mass is 16.0. The van der Waals surface area contributed by atoms with Crippen molar-refractivity contribution in [2.75, 3.05) is 18.0 Å². The highest BCUT2D eigenvalue weighted by Crippen LogP contribution is 2.16. The summed E-state index contributed by atoms with van der Waals surface area (Å²) in [5.41, 5.74) is 6.94. The first-order valence-electron chi connectivity index (χ1n) is 5.20. The number of rotatable bonds is 1. The summed E-state index contributed by atoms with van der Waals surface area (Å²) < 4.78 is 0. The number of aryl methyl sites for hydroxylation is 1. The summed E-state index contributed by atoms with van der Waals surface area (Å²) in [4.78, 5) is 6.82. The van der Waals surface area contributed by atoms with Gasteiger partial charge in [-0.15, -0.1) is 0 Å². The third-order valence-corrected chi connectivity index (χ3v) is 2.74. The fourth-order valence-corrected chi connectivity index (χ4v) is 1.83. The molecular formula is C11H19N3O. The fourth-order valence-electron chi connectivity index (χ4n) is 1.83. The van der Waals surface area contributed by atoms with Gasteiger partial charge in [0.1, 0.15) is 5.82 Å². The molecule has 4 nitrogen and oxygen atoms in total. The molecule has 0 aromatic carbocycles. The summed E-state index contributed by atoms with van der Waals surface area (Å²) in [5.74, 6) is 1.09. The van der Waals surface area contributed by atoms with Gasteiger partial charge in [0.15, 0.2) is 0 Å². The van der Waals surface area contributed by atoms with Crippen LogP contribution in [0.5, 0.6) is 0 Å². The average Bonchev–Trinajstić information content (AvgIpc) is 2.19. The Labute approximate surface area is 90.4 Å². The van der Waals surface area contributed by atoms with Crippen LogP contribution in [0.15, 0.2) is 18.2 Å². The van der Waals surface area contributed by atoms with Gasteiger partial charge in [-0.3, -0.25) is 0 Å². The van der Waals surface area contributed by atoms with Gasteiger partial charge >= 0.3 is 0 Å². The maximum Gasteiger partial charge on any atom is 0.128 e. The number of nitrogens with zero attached hydrogens (tertiary/aromatic N) is 2. The predicted molar refractivity (Wildman–Crippen MR) is 62.0 cm³/mol. The third kappa shape index (κ3) is 2.91. The molecule has 1 aliphatic heterocycles. The monoisotopic (exact) mass is 209 g/mol. The van der Waals surface area contributed by atoms with Crippen LogP contribution in [-0.4, -0.2) is 29.6 Å². The Kier molecular flexibility index (Phi) is 4.05. The van der Waals surface area contributed by atoms with E-state index >= 15 is 0 Å². The standard InChI is InChI=1S/C11H17N3.H2O/c1-9-3-2-4-11(13-9)14-7-5-10(12)6-8-14;/h2-4,10H,5-8,12H2,1H3;1H2. The molecule has 0 unspecified atom stereocenters. The molecule has 2 heterocycles. The zero-order valence-corrected chi connectivity index (χ0v) is 9.11. The minimum atomic E-state index is 0. The van der Waals surface area contributed by atoms with Crippen molar-refractivity contribution in [1.82, 2.24) is 4.98 Å². The van der Waals surface area contributed by atoms with E-state index in [0.717, 1.165) is 37.4 Å². The van der Waals surface area contributed by atoms with Gasteiger partial charge in [0.2, 0.25) is 0 Å². The van der Waals surface area contributed by atoms with E-state index in [0.29, 0.717) is 6.04 Å². The van der Waals surface area contributed by atoms with Gasteiger partial charge in [-0.05, 0) is 31.9 Å². The van der Waals surface area contributed by atoms with Gasteiger partial charge in [-0.25, -0.2) is 4.98 Å². The zero-order chi connectivity index (χ0) is 9.97. The minimum Gasteiger partial charge on any atom is -0.412 e. The molecule has 0 aliphatic carbocycles. The molecule has 15 heavy (non-hydrogen) atoms. The van der Waals surface area contributed by atoms with E-state index < -0.39 is 0 Å². The van der Waals surface area contributed by atoms with Gasteiger partial charge in [-0.1, -0.05) is 6.07 Å². The lowest BCUT2D eigenvalue weighted by Gasteiger charge is -2.31. The third-order valence-electron chi connectivity index (χ3n) is 2.74. The first-order valence-corrected chi connectivity index (χ1v) is 5.20. The Bertz CT molecular complexity index is 308. The summed E-state index contributed by atoms with van der Waals surface area (Å²) >= 11 is 0. The van der Waals surface area contributed by atoms with Crippen LogP contribution >= 0.6 is 0 Å². The second kappa shape index (κ2) is 5.09. The lowest BCUT2D eigenvalue weighted by molar-refractivity contribution is 0.498. The van der Waals surface area contributed by atoms with E-state index in [9.17, 15) is 0 Å². The fraction of sp³-hybridized carbons (Fsp3) is 0.545. The van der Waals surface area contributed by atoms with E-state index in [-0.39, 0.29) is 5.48 Å². The number of aromatic nitrogens is 1. The molecule has 1 aromatic rings. The summed E-state index contributed by atoms with van der Waals surface area (Å²) in [5, 5.41) is 0. The molecule has 1 aromatic heterocycles. The average molecular weight is 209 g/mol. The second-order valence-electron chi connectivity index (χ2n) is 3.96. The molecular weight excluding hydrogens is 190 g/mol. The van der Waals surface area contributed by atoms with Gasteiger partial charge in [0.25, 0.3) is 0 Å². The Morgan fingerprint density at radius 2 is 2.00 bits per heavy atom. The Hall–Kier alpha value is -1.13. The van der Waals surface area contributed by atoms with Crippen LogP contribution in [0.3, 0.4) is 0 Å². The molecule has 1 aliphatic rings. The molecule has 0 bridgehead atoms. The van der Waals surface area contributed by atoms with Gasteiger partial charge in [0, 0.05) is 24.8 Å². The minimum absolute atomic E-state index is 0. The summed E-state index contributed by atoms with van der Waals surface area (Å²) in [7, 11) is 0. The normalized spacial score (nSPS) is 17.3. The number of nitrogens with two attached hydrogens (primary N) is 1. The van der Waals surface area contributed by atoms with E-state index in [1.54, 1.807) is 0 Å². The lowest BCUT2D eigenvalue weighted by Crippen LogP contribution is -2.40. The summed E-state index contributed by atoms with van der Waals surface area (Å²) in [6, 6.07) is 6.55. The van der Waals surface area contributed by atoms with E-state index in [1.165, 1.54) is 0 Å². The Morgan fingerprint density at radius 1 is 1.33 bits per heavy atom. The molecule has 4 N–H and O–H groups in total. The predicted octanol–water partition coefficient (Wildman–Crippen LogP) is 0.493. The van der Waals surface area contributed by atoms with Gasteiger partial charge in [-0.2, -0.15) is 0 Å². The maximum absolute atomic E-state index is 5.86. The van der Waals surface area contributed by atoms with Crippen LogP contribution in [0.1, 0.15) is 18.5 Å². The van der Waals surface area contributed by atoms with Crippen LogP contribution in [0.4, 0.5) is 5.82 Å². The molecule has 84 valence electrons. The van der Waals surface area contributed by atoms with Crippen LogP contribution < -0.4 is 10.6 Å². The molecule has 1 fully saturated rings. The number of hydrogen-bond acceptors (Lipinski definition) is 3. The van der Waals surface area contributed by atoms with Crippen molar-refractivity contribution in [1.29, 1.82) is 0 Å². The Morgan fingerprint density at radius 3 is 2.60 bits per heavy atom. The van der Waals surface area contributed by atoms with Crippen LogP contribution in [0, 0.1) is 6.92 Å². The second-order valence-corrected chi connectivity index (χ2v) is 3.96. The number of hydrogen-bond donors (Lipinski definition) is 1. The van der Waals surface area contributed by atoms with E-state index in [2.05, 4.69) is 22.0 Å².